The molecule has 0 saturated carbocycles. The fourth-order valence-electron chi connectivity index (χ4n) is 3.73. The van der Waals surface area contributed by atoms with Crippen molar-refractivity contribution in [3.63, 3.8) is 0 Å². The van der Waals surface area contributed by atoms with E-state index in [4.69, 9.17) is 4.74 Å². The highest BCUT2D eigenvalue weighted by atomic mass is 79.9. The summed E-state index contributed by atoms with van der Waals surface area (Å²) >= 11 is 4.73. The number of halogens is 2. The topological polar surface area (TPSA) is 83.1 Å². The first kappa shape index (κ1) is 25.8. The summed E-state index contributed by atoms with van der Waals surface area (Å²) in [5.74, 6) is 0.808. The largest absolute Gasteiger partial charge is 0.489 e. The number of nitrogens with zero attached hydrogens (tertiary/aromatic N) is 4. The minimum Gasteiger partial charge on any atom is -0.489 e. The summed E-state index contributed by atoms with van der Waals surface area (Å²) in [6.45, 7) is 5.70. The number of nitro groups is 1. The molecule has 186 valence electrons. The Morgan fingerprint density at radius 2 is 1.89 bits per heavy atom. The van der Waals surface area contributed by atoms with E-state index in [-0.39, 0.29) is 23.9 Å². The summed E-state index contributed by atoms with van der Waals surface area (Å²) < 4.78 is 22.3. The molecule has 1 heterocycles. The van der Waals surface area contributed by atoms with E-state index in [0.29, 0.717) is 27.9 Å². The number of ether oxygens (including phenoxy) is 1. The molecule has 0 spiro atoms. The Labute approximate surface area is 221 Å². The lowest BCUT2D eigenvalue weighted by Gasteiger charge is -2.18. The van der Waals surface area contributed by atoms with E-state index in [1.54, 1.807) is 24.3 Å². The van der Waals surface area contributed by atoms with Gasteiger partial charge in [0.1, 0.15) is 29.2 Å². The van der Waals surface area contributed by atoms with Gasteiger partial charge >= 0.3 is 0 Å². The van der Waals surface area contributed by atoms with Gasteiger partial charge in [0.05, 0.1) is 0 Å². The molecule has 4 aromatic rings. The molecule has 0 N–H and O–H groups in total. The fraction of sp³-hybridized carbons (Fsp3) is 0.231. The van der Waals surface area contributed by atoms with Gasteiger partial charge < -0.3 is 4.74 Å². The summed E-state index contributed by atoms with van der Waals surface area (Å²) in [6, 6.07) is 17.6. The quantitative estimate of drug-likeness (QED) is 0.125. The Morgan fingerprint density at radius 1 is 1.08 bits per heavy atom. The average molecular weight is 571 g/mol. The van der Waals surface area contributed by atoms with Crippen LogP contribution < -0.4 is 4.74 Å². The molecule has 0 amide bonds. The molecule has 0 saturated heterocycles. The molecular formula is C26H24BrFN4O3S. The third kappa shape index (κ3) is 6.11. The van der Waals surface area contributed by atoms with E-state index >= 15 is 0 Å². The lowest BCUT2D eigenvalue weighted by Crippen LogP contribution is -2.13. The highest BCUT2D eigenvalue weighted by Gasteiger charge is 2.27. The Balaban J connectivity index is 1.69. The predicted molar refractivity (Wildman–Crippen MR) is 141 cm³/mol. The first-order valence-corrected chi connectivity index (χ1v) is 12.8. The molecule has 0 aliphatic heterocycles. The molecule has 0 fully saturated rings. The number of benzene rings is 3. The molecule has 0 aliphatic carbocycles. The highest BCUT2D eigenvalue weighted by Crippen LogP contribution is 2.41. The van der Waals surface area contributed by atoms with Gasteiger partial charge in [0, 0.05) is 20.6 Å². The maximum absolute atomic E-state index is 13.6. The predicted octanol–water partition coefficient (Wildman–Crippen LogP) is 6.78. The van der Waals surface area contributed by atoms with Crippen molar-refractivity contribution >= 4 is 27.7 Å². The lowest BCUT2D eigenvalue weighted by molar-refractivity contribution is -0.479. The van der Waals surface area contributed by atoms with Crippen molar-refractivity contribution in [3.05, 3.63) is 109 Å². The fourth-order valence-corrected chi connectivity index (χ4v) is 5.30. The molecule has 4 rings (SSSR count). The summed E-state index contributed by atoms with van der Waals surface area (Å²) in [4.78, 5) is 11.3. The van der Waals surface area contributed by atoms with Gasteiger partial charge in [-0.2, -0.15) is 0 Å². The van der Waals surface area contributed by atoms with E-state index in [1.165, 1.54) is 29.5 Å². The van der Waals surface area contributed by atoms with E-state index in [2.05, 4.69) is 26.1 Å². The molecule has 10 heteroatoms. The molecule has 36 heavy (non-hydrogen) atoms. The monoisotopic (exact) mass is 570 g/mol. The van der Waals surface area contributed by atoms with E-state index < -0.39 is 5.25 Å². The van der Waals surface area contributed by atoms with Crippen molar-refractivity contribution in [2.45, 2.75) is 37.8 Å². The van der Waals surface area contributed by atoms with Crippen molar-refractivity contribution in [3.8, 4) is 11.4 Å². The van der Waals surface area contributed by atoms with Crippen molar-refractivity contribution in [2.24, 2.45) is 0 Å². The minimum absolute atomic E-state index is 0.125. The standard InChI is InChI=1S/C26H24BrFN4O3S/c1-16-7-9-22(11-17(16)2)32-18(3)29-30-26(32)36-25(14-31(33)34)23-13-20(27)8-10-24(23)35-15-19-5-4-6-21(28)12-19/h4-13,25H,14-15H2,1-3H3/t25-/m1/s1. The van der Waals surface area contributed by atoms with Crippen molar-refractivity contribution in [1.82, 2.24) is 14.8 Å². The number of hydrogen-bond donors (Lipinski definition) is 0. The molecule has 0 aliphatic rings. The van der Waals surface area contributed by atoms with Crippen LogP contribution in [0.25, 0.3) is 5.69 Å². The van der Waals surface area contributed by atoms with Gasteiger partial charge in [-0.15, -0.1) is 10.2 Å². The van der Waals surface area contributed by atoms with Crippen LogP contribution in [0.3, 0.4) is 0 Å². The van der Waals surface area contributed by atoms with E-state index in [9.17, 15) is 14.5 Å². The minimum atomic E-state index is -0.617. The van der Waals surface area contributed by atoms with Crippen LogP contribution in [0.1, 0.15) is 33.3 Å². The SMILES string of the molecule is Cc1ccc(-n2c(C)nnc2S[C@H](C[N+](=O)[O-])c2cc(Br)ccc2OCc2cccc(F)c2)cc1C. The van der Waals surface area contributed by atoms with Crippen LogP contribution in [0.15, 0.2) is 70.3 Å². The zero-order valence-corrected chi connectivity index (χ0v) is 22.3. The number of rotatable bonds is 9. The number of aryl methyl sites for hydroxylation is 3. The van der Waals surface area contributed by atoms with Crippen molar-refractivity contribution in [1.29, 1.82) is 0 Å². The second-order valence-corrected chi connectivity index (χ2v) is 10.4. The van der Waals surface area contributed by atoms with Crippen molar-refractivity contribution < 1.29 is 14.1 Å². The summed E-state index contributed by atoms with van der Waals surface area (Å²) in [5.41, 5.74) is 4.47. The van der Waals surface area contributed by atoms with Gasteiger partial charge in [-0.25, -0.2) is 4.39 Å². The van der Waals surface area contributed by atoms with Gasteiger partial charge in [-0.3, -0.25) is 14.7 Å². The van der Waals surface area contributed by atoms with Crippen LogP contribution in [-0.4, -0.2) is 26.2 Å². The van der Waals surface area contributed by atoms with Crippen LogP contribution in [0.4, 0.5) is 4.39 Å². The number of aromatic nitrogens is 3. The second-order valence-electron chi connectivity index (χ2n) is 8.36. The first-order valence-electron chi connectivity index (χ1n) is 11.2. The van der Waals surface area contributed by atoms with Crippen LogP contribution >= 0.6 is 27.7 Å². The maximum Gasteiger partial charge on any atom is 0.220 e. The second kappa shape index (κ2) is 11.2. The first-order chi connectivity index (χ1) is 17.2. The van der Waals surface area contributed by atoms with Crippen LogP contribution in [-0.2, 0) is 6.61 Å². The lowest BCUT2D eigenvalue weighted by atomic mass is 10.1. The van der Waals surface area contributed by atoms with Crippen LogP contribution in [0, 0.1) is 36.7 Å². The van der Waals surface area contributed by atoms with Gasteiger partial charge in [0.15, 0.2) is 5.16 Å². The molecule has 7 nitrogen and oxygen atoms in total. The van der Waals surface area contributed by atoms with Crippen LogP contribution in [0.2, 0.25) is 0 Å². The zero-order chi connectivity index (χ0) is 25.8. The van der Waals surface area contributed by atoms with Gasteiger partial charge in [0.25, 0.3) is 0 Å². The molecule has 1 aromatic heterocycles. The summed E-state index contributed by atoms with van der Waals surface area (Å²) in [5, 5.41) is 20.2. The highest BCUT2D eigenvalue weighted by molar-refractivity contribution is 9.10. The smallest absolute Gasteiger partial charge is 0.220 e. The molecule has 0 bridgehead atoms. The molecule has 0 radical (unpaired) electrons. The Kier molecular flexibility index (Phi) is 8.05. The zero-order valence-electron chi connectivity index (χ0n) is 19.9. The molecule has 0 unspecified atom stereocenters. The maximum atomic E-state index is 13.6. The number of thioether (sulfide) groups is 1. The van der Waals surface area contributed by atoms with Crippen molar-refractivity contribution in [2.75, 3.05) is 6.54 Å². The third-order valence-electron chi connectivity index (χ3n) is 5.71. The van der Waals surface area contributed by atoms with Gasteiger partial charge in [0.2, 0.25) is 6.54 Å². The average Bonchev–Trinajstić information content (AvgIpc) is 3.19. The summed E-state index contributed by atoms with van der Waals surface area (Å²) in [7, 11) is 0. The van der Waals surface area contributed by atoms with Gasteiger partial charge in [-0.1, -0.05) is 45.9 Å². The van der Waals surface area contributed by atoms with E-state index in [0.717, 1.165) is 15.7 Å². The van der Waals surface area contributed by atoms with E-state index in [1.807, 2.05) is 49.6 Å². The molecular weight excluding hydrogens is 547 g/mol. The normalized spacial score (nSPS) is 11.9. The Morgan fingerprint density at radius 3 is 2.61 bits per heavy atom. The number of hydrogen-bond acceptors (Lipinski definition) is 6. The van der Waals surface area contributed by atoms with Gasteiger partial charge in [-0.05, 0) is 79.9 Å². The Hall–Kier alpha value is -3.24. The van der Waals surface area contributed by atoms with Crippen LogP contribution in [0.5, 0.6) is 5.75 Å². The molecule has 3 aromatic carbocycles. The Bertz CT molecular complexity index is 1410. The summed E-state index contributed by atoms with van der Waals surface area (Å²) in [6.07, 6.45) is 0. The third-order valence-corrected chi connectivity index (χ3v) is 7.36. The molecule has 1 atom stereocenters.